The minimum Gasteiger partial charge on any atom is -0.387 e. The summed E-state index contributed by atoms with van der Waals surface area (Å²) in [6.07, 6.45) is -0.459. The van der Waals surface area contributed by atoms with Gasteiger partial charge in [-0.25, -0.2) is 0 Å². The van der Waals surface area contributed by atoms with Crippen LogP contribution in [0, 0.1) is 6.92 Å². The molecule has 1 unspecified atom stereocenters. The van der Waals surface area contributed by atoms with Gasteiger partial charge in [-0.1, -0.05) is 42.5 Å². The molecule has 0 heterocycles. The van der Waals surface area contributed by atoms with Gasteiger partial charge in [0.05, 0.1) is 6.10 Å². The predicted octanol–water partition coefficient (Wildman–Crippen LogP) is 2.91. The summed E-state index contributed by atoms with van der Waals surface area (Å²) in [5.74, 6) is 0. The summed E-state index contributed by atoms with van der Waals surface area (Å²) in [5.41, 5.74) is 4.57. The lowest BCUT2D eigenvalue weighted by atomic mass is 9.97. The first-order valence-electron chi connectivity index (χ1n) is 6.21. The average molecular weight is 241 g/mol. The summed E-state index contributed by atoms with van der Waals surface area (Å²) < 4.78 is 0. The molecule has 0 aromatic heterocycles. The van der Waals surface area contributed by atoms with Crippen LogP contribution in [0.15, 0.2) is 48.5 Å². The van der Waals surface area contributed by atoms with E-state index in [9.17, 15) is 5.11 Å². The topological polar surface area (TPSA) is 32.3 Å². The third-order valence-corrected chi connectivity index (χ3v) is 3.12. The number of hydrogen-bond donors (Lipinski definition) is 2. The molecule has 0 bridgehead atoms. The Morgan fingerprint density at radius 3 is 2.61 bits per heavy atom. The molecule has 18 heavy (non-hydrogen) atoms. The molecule has 0 fully saturated rings. The van der Waals surface area contributed by atoms with Gasteiger partial charge in [0.2, 0.25) is 0 Å². The van der Waals surface area contributed by atoms with Crippen molar-refractivity contribution in [1.29, 1.82) is 0 Å². The van der Waals surface area contributed by atoms with Crippen LogP contribution in [0.3, 0.4) is 0 Å². The van der Waals surface area contributed by atoms with Gasteiger partial charge in [0.25, 0.3) is 0 Å². The zero-order chi connectivity index (χ0) is 13.0. The van der Waals surface area contributed by atoms with Crippen molar-refractivity contribution in [2.45, 2.75) is 13.0 Å². The smallest absolute Gasteiger partial charge is 0.0914 e. The fourth-order valence-electron chi connectivity index (χ4n) is 2.12. The lowest BCUT2D eigenvalue weighted by molar-refractivity contribution is 0.178. The van der Waals surface area contributed by atoms with Crippen LogP contribution >= 0.6 is 0 Å². The number of rotatable bonds is 4. The Bertz CT molecular complexity index is 522. The van der Waals surface area contributed by atoms with Crippen molar-refractivity contribution in [2.24, 2.45) is 0 Å². The van der Waals surface area contributed by atoms with Crippen LogP contribution in [-0.2, 0) is 0 Å². The molecule has 2 aromatic carbocycles. The third kappa shape index (κ3) is 2.78. The van der Waals surface area contributed by atoms with Crippen molar-refractivity contribution < 1.29 is 5.11 Å². The molecule has 0 spiro atoms. The van der Waals surface area contributed by atoms with Crippen molar-refractivity contribution in [3.63, 3.8) is 0 Å². The Morgan fingerprint density at radius 1 is 1.11 bits per heavy atom. The Labute approximate surface area is 108 Å². The molecule has 0 amide bonds. The van der Waals surface area contributed by atoms with Crippen LogP contribution in [0.1, 0.15) is 17.2 Å². The molecule has 0 aliphatic carbocycles. The van der Waals surface area contributed by atoms with Crippen LogP contribution in [0.4, 0.5) is 0 Å². The van der Waals surface area contributed by atoms with Crippen LogP contribution in [0.2, 0.25) is 0 Å². The standard InChI is InChI=1S/C16H19NO/c1-12-6-3-4-9-15(12)13-7-5-8-14(10-13)16(18)11-17-2/h3-10,16-18H,11H2,1-2H3. The maximum Gasteiger partial charge on any atom is 0.0914 e. The van der Waals surface area contributed by atoms with Gasteiger partial charge in [0, 0.05) is 6.54 Å². The minimum atomic E-state index is -0.459. The molecule has 0 radical (unpaired) electrons. The molecule has 1 atom stereocenters. The molecule has 2 nitrogen and oxygen atoms in total. The van der Waals surface area contributed by atoms with E-state index in [0.717, 1.165) is 11.1 Å². The lowest BCUT2D eigenvalue weighted by Crippen LogP contribution is -2.16. The molecule has 2 aromatic rings. The van der Waals surface area contributed by atoms with E-state index in [1.807, 2.05) is 31.3 Å². The summed E-state index contributed by atoms with van der Waals surface area (Å²) in [7, 11) is 1.84. The lowest BCUT2D eigenvalue weighted by Gasteiger charge is -2.12. The molecule has 0 saturated heterocycles. The second-order valence-corrected chi connectivity index (χ2v) is 4.51. The zero-order valence-electron chi connectivity index (χ0n) is 10.9. The van der Waals surface area contributed by atoms with Gasteiger partial charge in [0.15, 0.2) is 0 Å². The largest absolute Gasteiger partial charge is 0.387 e. The van der Waals surface area contributed by atoms with E-state index in [0.29, 0.717) is 6.54 Å². The molecule has 2 N–H and O–H groups in total. The van der Waals surface area contributed by atoms with Gasteiger partial charge < -0.3 is 10.4 Å². The highest BCUT2D eigenvalue weighted by atomic mass is 16.3. The minimum absolute atomic E-state index is 0.459. The highest BCUT2D eigenvalue weighted by Gasteiger charge is 2.08. The summed E-state index contributed by atoms with van der Waals surface area (Å²) in [4.78, 5) is 0. The molecule has 2 rings (SSSR count). The second-order valence-electron chi connectivity index (χ2n) is 4.51. The van der Waals surface area contributed by atoms with Crippen LogP contribution in [0.5, 0.6) is 0 Å². The van der Waals surface area contributed by atoms with Gasteiger partial charge in [-0.15, -0.1) is 0 Å². The van der Waals surface area contributed by atoms with Crippen molar-refractivity contribution in [3.05, 3.63) is 59.7 Å². The maximum atomic E-state index is 10.00. The zero-order valence-corrected chi connectivity index (χ0v) is 10.9. The summed E-state index contributed by atoms with van der Waals surface area (Å²) in [6.45, 7) is 2.67. The van der Waals surface area contributed by atoms with Crippen molar-refractivity contribution in [2.75, 3.05) is 13.6 Å². The van der Waals surface area contributed by atoms with E-state index in [1.54, 1.807) is 0 Å². The fourth-order valence-corrected chi connectivity index (χ4v) is 2.12. The Kier molecular flexibility index (Phi) is 4.13. The van der Waals surface area contributed by atoms with E-state index in [1.165, 1.54) is 11.1 Å². The average Bonchev–Trinajstić information content (AvgIpc) is 2.40. The van der Waals surface area contributed by atoms with E-state index in [4.69, 9.17) is 0 Å². The number of aliphatic hydroxyl groups is 1. The number of aliphatic hydroxyl groups excluding tert-OH is 1. The number of aryl methyl sites for hydroxylation is 1. The highest BCUT2D eigenvalue weighted by Crippen LogP contribution is 2.25. The third-order valence-electron chi connectivity index (χ3n) is 3.12. The summed E-state index contributed by atoms with van der Waals surface area (Å²) in [6, 6.07) is 16.4. The highest BCUT2D eigenvalue weighted by molar-refractivity contribution is 5.67. The van der Waals surface area contributed by atoms with Gasteiger partial charge in [-0.05, 0) is 42.3 Å². The Balaban J connectivity index is 2.36. The van der Waals surface area contributed by atoms with Gasteiger partial charge >= 0.3 is 0 Å². The van der Waals surface area contributed by atoms with Crippen molar-refractivity contribution >= 4 is 0 Å². The van der Waals surface area contributed by atoms with Crippen molar-refractivity contribution in [3.8, 4) is 11.1 Å². The first kappa shape index (κ1) is 12.8. The summed E-state index contributed by atoms with van der Waals surface area (Å²) in [5, 5.41) is 13.0. The molecule has 94 valence electrons. The quantitative estimate of drug-likeness (QED) is 0.862. The molecular weight excluding hydrogens is 222 g/mol. The molecule has 0 aliphatic rings. The van der Waals surface area contributed by atoms with Crippen LogP contribution < -0.4 is 5.32 Å². The number of hydrogen-bond acceptors (Lipinski definition) is 2. The van der Waals surface area contributed by atoms with Crippen molar-refractivity contribution in [1.82, 2.24) is 5.32 Å². The second kappa shape index (κ2) is 5.80. The monoisotopic (exact) mass is 241 g/mol. The Hall–Kier alpha value is -1.64. The normalized spacial score (nSPS) is 12.4. The van der Waals surface area contributed by atoms with Gasteiger partial charge in [0.1, 0.15) is 0 Å². The predicted molar refractivity (Wildman–Crippen MR) is 75.5 cm³/mol. The van der Waals surface area contributed by atoms with E-state index in [-0.39, 0.29) is 0 Å². The van der Waals surface area contributed by atoms with Gasteiger partial charge in [-0.2, -0.15) is 0 Å². The van der Waals surface area contributed by atoms with Crippen LogP contribution in [0.25, 0.3) is 11.1 Å². The summed E-state index contributed by atoms with van der Waals surface area (Å²) >= 11 is 0. The molecule has 0 aliphatic heterocycles. The maximum absolute atomic E-state index is 10.00. The molecular formula is C16H19NO. The number of nitrogens with one attached hydrogen (secondary N) is 1. The molecule has 0 saturated carbocycles. The fraction of sp³-hybridized carbons (Fsp3) is 0.250. The first-order chi connectivity index (χ1) is 8.72. The van der Waals surface area contributed by atoms with E-state index in [2.05, 4.69) is 36.5 Å². The first-order valence-corrected chi connectivity index (χ1v) is 6.21. The number of benzene rings is 2. The number of likely N-dealkylation sites (N-methyl/N-ethyl adjacent to an activating group) is 1. The van der Waals surface area contributed by atoms with Gasteiger partial charge in [-0.3, -0.25) is 0 Å². The molecule has 2 heteroatoms. The SMILES string of the molecule is CNCC(O)c1cccc(-c2ccccc2C)c1. The van der Waals surface area contributed by atoms with E-state index >= 15 is 0 Å². The van der Waals surface area contributed by atoms with E-state index < -0.39 is 6.10 Å². The van der Waals surface area contributed by atoms with Crippen LogP contribution in [-0.4, -0.2) is 18.7 Å². The Morgan fingerprint density at radius 2 is 1.89 bits per heavy atom.